The zero-order valence-electron chi connectivity index (χ0n) is 12.2. The topological polar surface area (TPSA) is 81.4 Å². The van der Waals surface area contributed by atoms with E-state index in [4.69, 9.17) is 10.5 Å². The van der Waals surface area contributed by atoms with E-state index in [2.05, 4.69) is 4.72 Å². The minimum Gasteiger partial charge on any atom is -0.497 e. The second-order valence-corrected chi connectivity index (χ2v) is 6.45. The summed E-state index contributed by atoms with van der Waals surface area (Å²) in [5, 5.41) is 0. The predicted octanol–water partition coefficient (Wildman–Crippen LogP) is 2.70. The molecule has 0 atom stereocenters. The van der Waals surface area contributed by atoms with E-state index in [1.807, 2.05) is 6.92 Å². The quantitative estimate of drug-likeness (QED) is 0.851. The molecule has 0 aliphatic rings. The average Bonchev–Trinajstić information content (AvgIpc) is 2.42. The molecule has 2 aromatic rings. The van der Waals surface area contributed by atoms with E-state index in [1.54, 1.807) is 37.3 Å². The van der Waals surface area contributed by atoms with Crippen LogP contribution >= 0.6 is 0 Å². The first kappa shape index (κ1) is 15.2. The van der Waals surface area contributed by atoms with Crippen molar-refractivity contribution in [3.63, 3.8) is 0 Å². The summed E-state index contributed by atoms with van der Waals surface area (Å²) in [5.74, 6) is 0.579. The number of benzene rings is 2. The molecule has 0 radical (unpaired) electrons. The van der Waals surface area contributed by atoms with Crippen LogP contribution in [0.25, 0.3) is 0 Å². The van der Waals surface area contributed by atoms with Crippen LogP contribution in [0.1, 0.15) is 11.1 Å². The van der Waals surface area contributed by atoms with Crippen LogP contribution in [0.5, 0.6) is 5.75 Å². The molecule has 0 amide bonds. The molecule has 5 nitrogen and oxygen atoms in total. The summed E-state index contributed by atoms with van der Waals surface area (Å²) in [5.41, 5.74) is 8.13. The van der Waals surface area contributed by atoms with Gasteiger partial charge in [-0.3, -0.25) is 4.72 Å². The Labute approximate surface area is 124 Å². The Kier molecular flexibility index (Phi) is 4.09. The molecule has 0 saturated carbocycles. The maximum atomic E-state index is 12.5. The van der Waals surface area contributed by atoms with Crippen LogP contribution in [0.3, 0.4) is 0 Å². The third-order valence-electron chi connectivity index (χ3n) is 3.25. The maximum absolute atomic E-state index is 12.5. The van der Waals surface area contributed by atoms with Crippen molar-refractivity contribution < 1.29 is 13.2 Å². The lowest BCUT2D eigenvalue weighted by molar-refractivity contribution is 0.415. The number of nitrogens with two attached hydrogens (primary N) is 1. The SMILES string of the molecule is COc1cccc(NS(=O)(=O)c2cc(N)cc(C)c2C)c1. The highest BCUT2D eigenvalue weighted by molar-refractivity contribution is 7.92. The van der Waals surface area contributed by atoms with Crippen molar-refractivity contribution >= 4 is 21.4 Å². The van der Waals surface area contributed by atoms with Gasteiger partial charge in [-0.05, 0) is 49.2 Å². The van der Waals surface area contributed by atoms with E-state index in [9.17, 15) is 8.42 Å². The molecule has 21 heavy (non-hydrogen) atoms. The first-order chi connectivity index (χ1) is 9.83. The third kappa shape index (κ3) is 3.28. The van der Waals surface area contributed by atoms with Gasteiger partial charge in [0.25, 0.3) is 10.0 Å². The van der Waals surface area contributed by atoms with Crippen LogP contribution in [0.4, 0.5) is 11.4 Å². The molecular weight excluding hydrogens is 288 g/mol. The summed E-state index contributed by atoms with van der Waals surface area (Å²) >= 11 is 0. The number of sulfonamides is 1. The van der Waals surface area contributed by atoms with Crippen molar-refractivity contribution in [2.45, 2.75) is 18.7 Å². The van der Waals surface area contributed by atoms with Gasteiger partial charge in [-0.2, -0.15) is 0 Å². The summed E-state index contributed by atoms with van der Waals surface area (Å²) in [7, 11) is -2.17. The number of aryl methyl sites for hydroxylation is 1. The Hall–Kier alpha value is -2.21. The van der Waals surface area contributed by atoms with E-state index in [0.717, 1.165) is 5.56 Å². The van der Waals surface area contributed by atoms with Gasteiger partial charge in [0.2, 0.25) is 0 Å². The number of rotatable bonds is 4. The zero-order chi connectivity index (χ0) is 15.6. The molecule has 0 aliphatic heterocycles. The molecule has 3 N–H and O–H groups in total. The monoisotopic (exact) mass is 306 g/mol. The third-order valence-corrected chi connectivity index (χ3v) is 4.76. The highest BCUT2D eigenvalue weighted by Crippen LogP contribution is 2.25. The van der Waals surface area contributed by atoms with Crippen molar-refractivity contribution in [3.05, 3.63) is 47.5 Å². The van der Waals surface area contributed by atoms with Gasteiger partial charge < -0.3 is 10.5 Å². The van der Waals surface area contributed by atoms with Crippen LogP contribution in [0.15, 0.2) is 41.3 Å². The van der Waals surface area contributed by atoms with Gasteiger partial charge in [-0.15, -0.1) is 0 Å². The molecule has 2 aromatic carbocycles. The van der Waals surface area contributed by atoms with Gasteiger partial charge in [0.05, 0.1) is 17.7 Å². The second kappa shape index (κ2) is 5.65. The van der Waals surface area contributed by atoms with Gasteiger partial charge >= 0.3 is 0 Å². The molecule has 2 rings (SSSR count). The van der Waals surface area contributed by atoms with Crippen molar-refractivity contribution in [1.82, 2.24) is 0 Å². The Morgan fingerprint density at radius 2 is 1.86 bits per heavy atom. The molecular formula is C15H18N2O3S. The Morgan fingerprint density at radius 1 is 1.14 bits per heavy atom. The zero-order valence-corrected chi connectivity index (χ0v) is 13.0. The standard InChI is InChI=1S/C15H18N2O3S/c1-10-7-12(16)8-15(11(10)2)21(18,19)17-13-5-4-6-14(9-13)20-3/h4-9,17H,16H2,1-3H3. The van der Waals surface area contributed by atoms with E-state index in [-0.39, 0.29) is 4.90 Å². The van der Waals surface area contributed by atoms with Crippen molar-refractivity contribution in [1.29, 1.82) is 0 Å². The highest BCUT2D eigenvalue weighted by atomic mass is 32.2. The number of nitrogens with one attached hydrogen (secondary N) is 1. The largest absolute Gasteiger partial charge is 0.497 e. The lowest BCUT2D eigenvalue weighted by atomic mass is 10.1. The average molecular weight is 306 g/mol. The van der Waals surface area contributed by atoms with Crippen molar-refractivity contribution in [2.75, 3.05) is 17.6 Å². The molecule has 0 spiro atoms. The maximum Gasteiger partial charge on any atom is 0.262 e. The Balaban J connectivity index is 2.43. The second-order valence-electron chi connectivity index (χ2n) is 4.80. The fourth-order valence-electron chi connectivity index (χ4n) is 2.03. The van der Waals surface area contributed by atoms with Gasteiger partial charge in [0.15, 0.2) is 0 Å². The summed E-state index contributed by atoms with van der Waals surface area (Å²) in [6.07, 6.45) is 0. The van der Waals surface area contributed by atoms with E-state index in [0.29, 0.717) is 22.7 Å². The number of anilines is 2. The van der Waals surface area contributed by atoms with Gasteiger partial charge in [0.1, 0.15) is 5.75 Å². The van der Waals surface area contributed by atoms with Crippen LogP contribution in [0, 0.1) is 13.8 Å². The summed E-state index contributed by atoms with van der Waals surface area (Å²) in [6, 6.07) is 9.95. The molecule has 0 heterocycles. The fraction of sp³-hybridized carbons (Fsp3) is 0.200. The fourth-order valence-corrected chi connectivity index (χ4v) is 3.43. The Bertz CT molecular complexity index is 770. The van der Waals surface area contributed by atoms with Crippen molar-refractivity contribution in [3.8, 4) is 5.75 Å². The molecule has 0 saturated heterocycles. The predicted molar refractivity (Wildman–Crippen MR) is 84.1 cm³/mol. The number of ether oxygens (including phenoxy) is 1. The van der Waals surface area contributed by atoms with Crippen molar-refractivity contribution in [2.24, 2.45) is 0 Å². The Morgan fingerprint density at radius 3 is 2.52 bits per heavy atom. The molecule has 0 unspecified atom stereocenters. The molecule has 112 valence electrons. The molecule has 0 bridgehead atoms. The molecule has 0 aromatic heterocycles. The first-order valence-corrected chi connectivity index (χ1v) is 7.85. The van der Waals surface area contributed by atoms with Gasteiger partial charge in [0, 0.05) is 11.8 Å². The van der Waals surface area contributed by atoms with Gasteiger partial charge in [-0.1, -0.05) is 6.07 Å². The highest BCUT2D eigenvalue weighted by Gasteiger charge is 2.19. The first-order valence-electron chi connectivity index (χ1n) is 6.37. The van der Waals surface area contributed by atoms with E-state index < -0.39 is 10.0 Å². The van der Waals surface area contributed by atoms with E-state index in [1.165, 1.54) is 13.2 Å². The summed E-state index contributed by atoms with van der Waals surface area (Å²) < 4.78 is 32.7. The molecule has 0 aliphatic carbocycles. The minimum absolute atomic E-state index is 0.183. The number of nitrogen functional groups attached to an aromatic ring is 1. The molecule has 6 heteroatoms. The number of hydrogen-bond donors (Lipinski definition) is 2. The number of methoxy groups -OCH3 is 1. The van der Waals surface area contributed by atoms with Crippen LogP contribution in [0.2, 0.25) is 0 Å². The number of hydrogen-bond acceptors (Lipinski definition) is 4. The van der Waals surface area contributed by atoms with Crippen LogP contribution in [-0.2, 0) is 10.0 Å². The van der Waals surface area contributed by atoms with E-state index >= 15 is 0 Å². The van der Waals surface area contributed by atoms with Crippen LogP contribution < -0.4 is 15.2 Å². The molecule has 0 fully saturated rings. The summed E-state index contributed by atoms with van der Waals surface area (Å²) in [6.45, 7) is 3.59. The lowest BCUT2D eigenvalue weighted by Gasteiger charge is -2.13. The summed E-state index contributed by atoms with van der Waals surface area (Å²) in [4.78, 5) is 0.183. The van der Waals surface area contributed by atoms with Gasteiger partial charge in [-0.25, -0.2) is 8.42 Å². The lowest BCUT2D eigenvalue weighted by Crippen LogP contribution is -2.15. The minimum atomic E-state index is -3.70. The normalized spacial score (nSPS) is 11.2. The smallest absolute Gasteiger partial charge is 0.262 e. The van der Waals surface area contributed by atoms with Crippen LogP contribution in [-0.4, -0.2) is 15.5 Å².